The molecule has 0 amide bonds. The van der Waals surface area contributed by atoms with Gasteiger partial charge in [-0.1, -0.05) is 5.11 Å². The Hall–Kier alpha value is -0.930. The van der Waals surface area contributed by atoms with Crippen LogP contribution < -0.4 is 0 Å². The normalized spacial score (nSPS) is 17.9. The van der Waals surface area contributed by atoms with Crippen LogP contribution in [0, 0.1) is 0 Å². The van der Waals surface area contributed by atoms with Crippen molar-refractivity contribution in [3.8, 4) is 0 Å². The molecule has 0 radical (unpaired) electrons. The molecule has 4 atom stereocenters. The van der Waals surface area contributed by atoms with Gasteiger partial charge in [0.15, 0.2) is 6.29 Å². The predicted octanol–water partition coefficient (Wildman–Crippen LogP) is -1.90. The largest absolute Gasteiger partial charge is 0.396 e. The van der Waals surface area contributed by atoms with Crippen molar-refractivity contribution >= 4 is 0 Å². The molecule has 4 unspecified atom stereocenters. The topological polar surface area (TPSA) is 159 Å². The van der Waals surface area contributed by atoms with Crippen LogP contribution in [0.3, 0.4) is 0 Å². The zero-order chi connectivity index (χ0) is 13.3. The van der Waals surface area contributed by atoms with Crippen LogP contribution in [0.25, 0.3) is 10.4 Å². The molecule has 0 rings (SSSR count). The molecule has 0 aromatic heterocycles. The molecule has 0 aliphatic carbocycles. The summed E-state index contributed by atoms with van der Waals surface area (Å²) in [6, 6.07) is 0. The predicted molar refractivity (Wildman–Crippen MR) is 55.7 cm³/mol. The molecule has 0 aromatic rings. The summed E-state index contributed by atoms with van der Waals surface area (Å²) in [5.74, 6) is 0. The zero-order valence-electron chi connectivity index (χ0n) is 9.12. The van der Waals surface area contributed by atoms with Crippen LogP contribution in [0.15, 0.2) is 5.11 Å². The molecule has 0 saturated heterocycles. The standard InChI is InChI=1S/C8H17N3O6/c9-11-10-2-4-17-8(16)7(15)6(14)5(13)1-3-12/h5-8,12-16H,1-4H2. The first kappa shape index (κ1) is 16.1. The van der Waals surface area contributed by atoms with Gasteiger partial charge in [-0.2, -0.15) is 0 Å². The molecule has 0 bridgehead atoms. The monoisotopic (exact) mass is 251 g/mol. The van der Waals surface area contributed by atoms with E-state index >= 15 is 0 Å². The molecule has 0 saturated carbocycles. The molecule has 0 fully saturated rings. The number of aliphatic hydroxyl groups excluding tert-OH is 5. The first-order valence-electron chi connectivity index (χ1n) is 5.00. The first-order valence-corrected chi connectivity index (χ1v) is 5.00. The van der Waals surface area contributed by atoms with Crippen LogP contribution in [0.2, 0.25) is 0 Å². The lowest BCUT2D eigenvalue weighted by Gasteiger charge is -2.25. The Labute approximate surface area is 97.5 Å². The van der Waals surface area contributed by atoms with Crippen molar-refractivity contribution in [3.63, 3.8) is 0 Å². The number of nitrogens with zero attached hydrogens (tertiary/aromatic N) is 3. The lowest BCUT2D eigenvalue weighted by molar-refractivity contribution is -0.201. The fraction of sp³-hybridized carbons (Fsp3) is 1.00. The molecule has 9 nitrogen and oxygen atoms in total. The summed E-state index contributed by atoms with van der Waals surface area (Å²) in [5, 5.41) is 48.9. The van der Waals surface area contributed by atoms with E-state index in [4.69, 9.17) is 10.6 Å². The van der Waals surface area contributed by atoms with Crippen LogP contribution in [0.5, 0.6) is 0 Å². The van der Waals surface area contributed by atoms with Crippen molar-refractivity contribution < 1.29 is 30.3 Å². The van der Waals surface area contributed by atoms with Gasteiger partial charge in [0.1, 0.15) is 12.2 Å². The third kappa shape index (κ3) is 6.39. The van der Waals surface area contributed by atoms with Gasteiger partial charge in [-0.25, -0.2) is 0 Å². The molecular weight excluding hydrogens is 234 g/mol. The Bertz CT molecular complexity index is 247. The van der Waals surface area contributed by atoms with Gasteiger partial charge in [-0.05, 0) is 12.0 Å². The van der Waals surface area contributed by atoms with E-state index in [2.05, 4.69) is 14.8 Å². The van der Waals surface area contributed by atoms with Gasteiger partial charge in [-0.3, -0.25) is 0 Å². The molecule has 5 N–H and O–H groups in total. The van der Waals surface area contributed by atoms with E-state index in [1.54, 1.807) is 0 Å². The summed E-state index contributed by atoms with van der Waals surface area (Å²) in [6.07, 6.45) is -6.58. The van der Waals surface area contributed by atoms with Crippen LogP contribution >= 0.6 is 0 Å². The minimum Gasteiger partial charge on any atom is -0.396 e. The Morgan fingerprint density at radius 1 is 1.18 bits per heavy atom. The van der Waals surface area contributed by atoms with Crippen molar-refractivity contribution in [1.29, 1.82) is 0 Å². The Balaban J connectivity index is 4.00. The lowest BCUT2D eigenvalue weighted by Crippen LogP contribution is -2.45. The van der Waals surface area contributed by atoms with Crippen LogP contribution in [-0.4, -0.2) is 69.9 Å². The second kappa shape index (κ2) is 9.14. The van der Waals surface area contributed by atoms with E-state index in [1.165, 1.54) is 0 Å². The van der Waals surface area contributed by atoms with Crippen molar-refractivity contribution in [2.75, 3.05) is 19.8 Å². The molecule has 17 heavy (non-hydrogen) atoms. The van der Waals surface area contributed by atoms with E-state index in [0.717, 1.165) is 0 Å². The van der Waals surface area contributed by atoms with Gasteiger partial charge in [0.05, 0.1) is 12.7 Å². The second-order valence-electron chi connectivity index (χ2n) is 3.28. The smallest absolute Gasteiger partial charge is 0.183 e. The fourth-order valence-electron chi connectivity index (χ4n) is 1.06. The minimum absolute atomic E-state index is 0.0322. The zero-order valence-corrected chi connectivity index (χ0v) is 9.12. The number of rotatable bonds is 9. The van der Waals surface area contributed by atoms with E-state index in [-0.39, 0.29) is 26.2 Å². The average molecular weight is 251 g/mol. The molecule has 0 heterocycles. The third-order valence-corrected chi connectivity index (χ3v) is 2.00. The number of ether oxygens (including phenoxy) is 1. The number of aliphatic hydroxyl groups is 5. The highest BCUT2D eigenvalue weighted by molar-refractivity contribution is 4.77. The summed E-state index contributed by atoms with van der Waals surface area (Å²) in [4.78, 5) is 2.45. The molecule has 0 aromatic carbocycles. The van der Waals surface area contributed by atoms with Gasteiger partial charge in [0.2, 0.25) is 0 Å². The maximum atomic E-state index is 9.37. The first-order chi connectivity index (χ1) is 8.04. The summed E-state index contributed by atoms with van der Waals surface area (Å²) in [6.45, 7) is -0.528. The average Bonchev–Trinajstić information content (AvgIpc) is 2.32. The maximum Gasteiger partial charge on any atom is 0.183 e. The highest BCUT2D eigenvalue weighted by Crippen LogP contribution is 2.08. The third-order valence-electron chi connectivity index (χ3n) is 2.00. The van der Waals surface area contributed by atoms with Gasteiger partial charge < -0.3 is 30.3 Å². The summed E-state index contributed by atoms with van der Waals surface area (Å²) in [7, 11) is 0. The van der Waals surface area contributed by atoms with Crippen molar-refractivity contribution in [1.82, 2.24) is 0 Å². The molecule has 100 valence electrons. The van der Waals surface area contributed by atoms with Crippen molar-refractivity contribution in [3.05, 3.63) is 10.4 Å². The van der Waals surface area contributed by atoms with E-state index < -0.39 is 24.6 Å². The van der Waals surface area contributed by atoms with Gasteiger partial charge in [0.25, 0.3) is 0 Å². The molecule has 9 heteroatoms. The van der Waals surface area contributed by atoms with Gasteiger partial charge in [0, 0.05) is 18.1 Å². The second-order valence-corrected chi connectivity index (χ2v) is 3.28. The molecule has 0 aliphatic heterocycles. The summed E-state index contributed by atoms with van der Waals surface area (Å²) >= 11 is 0. The Morgan fingerprint density at radius 3 is 2.35 bits per heavy atom. The Kier molecular flexibility index (Phi) is 8.64. The van der Waals surface area contributed by atoms with E-state index in [0.29, 0.717) is 0 Å². The van der Waals surface area contributed by atoms with Crippen LogP contribution in [-0.2, 0) is 4.74 Å². The van der Waals surface area contributed by atoms with Crippen molar-refractivity contribution in [2.45, 2.75) is 31.0 Å². The highest BCUT2D eigenvalue weighted by atomic mass is 16.6. The van der Waals surface area contributed by atoms with Gasteiger partial charge >= 0.3 is 0 Å². The van der Waals surface area contributed by atoms with E-state index in [9.17, 15) is 20.4 Å². The number of hydrogen-bond acceptors (Lipinski definition) is 7. The summed E-state index contributed by atoms with van der Waals surface area (Å²) < 4.78 is 4.66. The molecule has 0 spiro atoms. The molecular formula is C8H17N3O6. The minimum atomic E-state index is -1.72. The van der Waals surface area contributed by atoms with E-state index in [1.807, 2.05) is 0 Å². The lowest BCUT2D eigenvalue weighted by atomic mass is 10.1. The van der Waals surface area contributed by atoms with Crippen LogP contribution in [0.1, 0.15) is 6.42 Å². The fourth-order valence-corrected chi connectivity index (χ4v) is 1.06. The van der Waals surface area contributed by atoms with Crippen LogP contribution in [0.4, 0.5) is 0 Å². The number of azide groups is 1. The highest BCUT2D eigenvalue weighted by Gasteiger charge is 2.30. The Morgan fingerprint density at radius 2 is 1.82 bits per heavy atom. The number of hydrogen-bond donors (Lipinski definition) is 5. The quantitative estimate of drug-likeness (QED) is 0.106. The maximum absolute atomic E-state index is 9.37. The van der Waals surface area contributed by atoms with Gasteiger partial charge in [-0.15, -0.1) is 0 Å². The SMILES string of the molecule is [N-]=[N+]=NCCOC(O)C(O)C(O)C(O)CCO. The summed E-state index contributed by atoms with van der Waals surface area (Å²) in [5.41, 5.74) is 7.95. The molecule has 0 aliphatic rings. The van der Waals surface area contributed by atoms with Crippen molar-refractivity contribution in [2.24, 2.45) is 5.11 Å².